The van der Waals surface area contributed by atoms with Crippen molar-refractivity contribution in [3.63, 3.8) is 0 Å². The monoisotopic (exact) mass is 537 g/mol. The number of amides is 1. The molecule has 38 heavy (non-hydrogen) atoms. The maximum atomic E-state index is 12.5. The van der Waals surface area contributed by atoms with Gasteiger partial charge in [0.15, 0.2) is 11.5 Å². The first-order chi connectivity index (χ1) is 18.1. The van der Waals surface area contributed by atoms with Crippen LogP contribution >= 0.6 is 11.3 Å². The number of hydrogen-bond acceptors (Lipinski definition) is 6. The minimum Gasteiger partial charge on any atom is -0.493 e. The fourth-order valence-corrected chi connectivity index (χ4v) is 4.97. The van der Waals surface area contributed by atoms with Gasteiger partial charge < -0.3 is 14.8 Å². The Morgan fingerprint density at radius 2 is 1.68 bits per heavy atom. The summed E-state index contributed by atoms with van der Waals surface area (Å²) in [4.78, 5) is 19.6. The van der Waals surface area contributed by atoms with E-state index in [0.29, 0.717) is 24.7 Å². The predicted octanol–water partition coefficient (Wildman–Crippen LogP) is 6.48. The van der Waals surface area contributed by atoms with Crippen molar-refractivity contribution >= 4 is 17.2 Å². The molecular weight excluding hydrogens is 494 g/mol. The Bertz CT molecular complexity index is 1170. The van der Waals surface area contributed by atoms with Crippen LogP contribution in [0.1, 0.15) is 73.2 Å². The van der Waals surface area contributed by atoms with Crippen LogP contribution < -0.4 is 14.8 Å². The fourth-order valence-electron chi connectivity index (χ4n) is 4.15. The van der Waals surface area contributed by atoms with Crippen molar-refractivity contribution in [3.8, 4) is 11.5 Å². The summed E-state index contributed by atoms with van der Waals surface area (Å²) in [6.45, 7) is 14.0. The van der Waals surface area contributed by atoms with Gasteiger partial charge in [-0.15, -0.1) is 11.3 Å². The minimum atomic E-state index is -0.0946. The number of aromatic nitrogens is 1. The van der Waals surface area contributed by atoms with E-state index in [4.69, 9.17) is 9.47 Å². The van der Waals surface area contributed by atoms with Gasteiger partial charge in [-0.1, -0.05) is 65.0 Å². The van der Waals surface area contributed by atoms with E-state index in [1.165, 1.54) is 16.7 Å². The largest absolute Gasteiger partial charge is 0.493 e. The molecule has 0 unspecified atom stereocenters. The number of methoxy groups -OCH3 is 2. The molecule has 0 saturated carbocycles. The van der Waals surface area contributed by atoms with Crippen molar-refractivity contribution < 1.29 is 14.3 Å². The zero-order valence-electron chi connectivity index (χ0n) is 24.0. The third-order valence-corrected chi connectivity index (χ3v) is 7.37. The highest BCUT2D eigenvalue weighted by Gasteiger charge is 2.16. The Balaban J connectivity index is 1.73. The summed E-state index contributed by atoms with van der Waals surface area (Å²) in [6, 6.07) is 15.0. The van der Waals surface area contributed by atoms with Crippen molar-refractivity contribution in [1.29, 1.82) is 0 Å². The fraction of sp³-hybridized carbons (Fsp3) is 0.484. The van der Waals surface area contributed by atoms with E-state index >= 15 is 0 Å². The summed E-state index contributed by atoms with van der Waals surface area (Å²) in [5.41, 5.74) is 4.39. The Hall–Kier alpha value is -2.90. The van der Waals surface area contributed by atoms with E-state index in [1.807, 2.05) is 17.5 Å². The number of benzene rings is 2. The number of thiazole rings is 1. The zero-order chi connectivity index (χ0) is 27.7. The molecule has 0 saturated heterocycles. The van der Waals surface area contributed by atoms with Crippen LogP contribution in [0.2, 0.25) is 0 Å². The molecule has 0 radical (unpaired) electrons. The number of nitrogens with one attached hydrogen (secondary N) is 1. The molecule has 1 aromatic heterocycles. The third-order valence-electron chi connectivity index (χ3n) is 6.54. The second-order valence-electron chi connectivity index (χ2n) is 11.2. The minimum absolute atomic E-state index is 0.0946. The summed E-state index contributed by atoms with van der Waals surface area (Å²) in [5, 5.41) is 5.80. The second-order valence-corrected chi connectivity index (χ2v) is 12.1. The number of rotatable bonds is 13. The smallest absolute Gasteiger partial charge is 0.270 e. The molecule has 2 aromatic carbocycles. The molecule has 0 aliphatic heterocycles. The van der Waals surface area contributed by atoms with Gasteiger partial charge in [0, 0.05) is 25.0 Å². The van der Waals surface area contributed by atoms with Crippen LogP contribution in [0.4, 0.5) is 0 Å². The van der Waals surface area contributed by atoms with Gasteiger partial charge in [0.05, 0.1) is 20.8 Å². The summed E-state index contributed by atoms with van der Waals surface area (Å²) in [5.74, 6) is 1.93. The van der Waals surface area contributed by atoms with E-state index in [2.05, 4.69) is 80.2 Å². The van der Waals surface area contributed by atoms with Crippen molar-refractivity contribution in [3.05, 3.63) is 75.2 Å². The Morgan fingerprint density at radius 1 is 1.00 bits per heavy atom. The molecule has 6 nitrogen and oxygen atoms in total. The molecule has 1 N–H and O–H groups in total. The van der Waals surface area contributed by atoms with E-state index in [-0.39, 0.29) is 11.3 Å². The number of carbonyl (C=O) groups excluding carboxylic acids is 1. The van der Waals surface area contributed by atoms with Gasteiger partial charge in [-0.2, -0.15) is 0 Å². The molecule has 1 amide bonds. The topological polar surface area (TPSA) is 63.7 Å². The number of carbonyl (C=O) groups is 1. The average molecular weight is 538 g/mol. The van der Waals surface area contributed by atoms with Gasteiger partial charge in [0.2, 0.25) is 0 Å². The van der Waals surface area contributed by atoms with Crippen molar-refractivity contribution in [2.24, 2.45) is 5.92 Å². The molecule has 0 aliphatic rings. The molecule has 3 aromatic rings. The first kappa shape index (κ1) is 29.7. The molecule has 0 spiro atoms. The van der Waals surface area contributed by atoms with E-state index in [0.717, 1.165) is 42.4 Å². The van der Waals surface area contributed by atoms with Gasteiger partial charge in [0.25, 0.3) is 5.91 Å². The Morgan fingerprint density at radius 3 is 2.32 bits per heavy atom. The first-order valence-electron chi connectivity index (χ1n) is 13.3. The highest BCUT2D eigenvalue weighted by Crippen LogP contribution is 2.28. The molecule has 206 valence electrons. The number of nitrogens with zero attached hydrogens (tertiary/aromatic N) is 2. The molecule has 0 atom stereocenters. The van der Waals surface area contributed by atoms with Crippen LogP contribution in [0.3, 0.4) is 0 Å². The van der Waals surface area contributed by atoms with Crippen LogP contribution in [0, 0.1) is 5.92 Å². The van der Waals surface area contributed by atoms with Gasteiger partial charge >= 0.3 is 0 Å². The van der Waals surface area contributed by atoms with Crippen LogP contribution in [-0.4, -0.2) is 43.1 Å². The van der Waals surface area contributed by atoms with Crippen LogP contribution in [0.25, 0.3) is 0 Å². The van der Waals surface area contributed by atoms with Crippen molar-refractivity contribution in [1.82, 2.24) is 15.2 Å². The maximum absolute atomic E-state index is 12.5. The lowest BCUT2D eigenvalue weighted by atomic mass is 9.87. The summed E-state index contributed by atoms with van der Waals surface area (Å²) < 4.78 is 10.9. The lowest BCUT2D eigenvalue weighted by molar-refractivity contribution is 0.0947. The quantitative estimate of drug-likeness (QED) is 0.270. The SMILES string of the molecule is COc1ccc(CCN(Cc2ccc(C(C)(C)C)cc2)Cc2nc(C(=O)NCCC(C)C)cs2)cc1OC. The lowest BCUT2D eigenvalue weighted by Gasteiger charge is -2.23. The molecular formula is C31H43N3O3S. The van der Waals surface area contributed by atoms with Gasteiger partial charge in [-0.05, 0) is 53.0 Å². The predicted molar refractivity (Wildman–Crippen MR) is 156 cm³/mol. The average Bonchev–Trinajstić information content (AvgIpc) is 3.35. The van der Waals surface area contributed by atoms with Crippen molar-refractivity contribution in [2.75, 3.05) is 27.3 Å². The summed E-state index contributed by atoms with van der Waals surface area (Å²) in [6.07, 6.45) is 1.81. The highest BCUT2D eigenvalue weighted by molar-refractivity contribution is 7.09. The third kappa shape index (κ3) is 8.84. The van der Waals surface area contributed by atoms with Crippen molar-refractivity contribution in [2.45, 2.75) is 66.0 Å². The molecule has 1 heterocycles. The van der Waals surface area contributed by atoms with Gasteiger partial charge in [-0.25, -0.2) is 4.98 Å². The van der Waals surface area contributed by atoms with Gasteiger partial charge in [0.1, 0.15) is 10.7 Å². The summed E-state index contributed by atoms with van der Waals surface area (Å²) in [7, 11) is 3.31. The molecule has 3 rings (SSSR count). The second kappa shape index (κ2) is 13.8. The highest BCUT2D eigenvalue weighted by atomic mass is 32.1. The number of ether oxygens (including phenoxy) is 2. The molecule has 0 aliphatic carbocycles. The Kier molecular flexibility index (Phi) is 10.7. The summed E-state index contributed by atoms with van der Waals surface area (Å²) >= 11 is 1.54. The Labute approximate surface area is 232 Å². The zero-order valence-corrected chi connectivity index (χ0v) is 24.8. The standard InChI is InChI=1S/C31H43N3O3S/c1-22(2)14-16-32-30(35)26-21-38-29(33-26)20-34(19-24-8-11-25(12-9-24)31(3,4)5)17-15-23-10-13-27(36-6)28(18-23)37-7/h8-13,18,21-22H,14-17,19-20H2,1-7H3,(H,32,35). The normalized spacial score (nSPS) is 11.7. The van der Waals surface area contributed by atoms with Crippen LogP contribution in [0.15, 0.2) is 47.8 Å². The van der Waals surface area contributed by atoms with Crippen LogP contribution in [0.5, 0.6) is 11.5 Å². The van der Waals surface area contributed by atoms with E-state index in [9.17, 15) is 4.79 Å². The van der Waals surface area contributed by atoms with Crippen LogP contribution in [-0.2, 0) is 24.9 Å². The molecule has 0 fully saturated rings. The van der Waals surface area contributed by atoms with Gasteiger partial charge in [-0.3, -0.25) is 9.69 Å². The van der Waals surface area contributed by atoms with E-state index in [1.54, 1.807) is 25.6 Å². The van der Waals surface area contributed by atoms with E-state index < -0.39 is 0 Å². The molecule has 7 heteroatoms. The molecule has 0 bridgehead atoms. The maximum Gasteiger partial charge on any atom is 0.270 e. The lowest BCUT2D eigenvalue weighted by Crippen LogP contribution is -2.27. The number of hydrogen-bond donors (Lipinski definition) is 1. The first-order valence-corrected chi connectivity index (χ1v) is 14.2.